The fraction of sp³-hybridized carbons (Fsp3) is 0.222. The molecule has 2 heterocycles. The van der Waals surface area contributed by atoms with Gasteiger partial charge in [-0.15, -0.1) is 22.7 Å². The van der Waals surface area contributed by atoms with Crippen molar-refractivity contribution in [2.45, 2.75) is 12.8 Å². The third-order valence-electron chi connectivity index (χ3n) is 3.70. The van der Waals surface area contributed by atoms with E-state index in [1.54, 1.807) is 43.2 Å². The summed E-state index contributed by atoms with van der Waals surface area (Å²) in [5.74, 6) is 0.614. The van der Waals surface area contributed by atoms with Gasteiger partial charge in [-0.1, -0.05) is 0 Å². The number of benzene rings is 1. The highest BCUT2D eigenvalue weighted by molar-refractivity contribution is 7.14. The molecule has 0 aliphatic rings. The normalized spacial score (nSPS) is 10.4. The minimum absolute atomic E-state index is 0.0429. The molecule has 0 bridgehead atoms. The van der Waals surface area contributed by atoms with Gasteiger partial charge in [-0.2, -0.15) is 0 Å². The van der Waals surface area contributed by atoms with Gasteiger partial charge < -0.3 is 25.8 Å². The quantitative estimate of drug-likeness (QED) is 0.473. The van der Waals surface area contributed by atoms with Crippen molar-refractivity contribution in [1.82, 2.24) is 9.97 Å². The molecule has 0 radical (unpaired) electrons. The van der Waals surface area contributed by atoms with Gasteiger partial charge in [0.05, 0.1) is 44.1 Å². The second-order valence-electron chi connectivity index (χ2n) is 5.85. The maximum atomic E-state index is 12.2. The Labute approximate surface area is 174 Å². The Balaban J connectivity index is 1.61. The Hall–Kier alpha value is -3.18. The summed E-state index contributed by atoms with van der Waals surface area (Å²) in [5.41, 5.74) is 7.00. The number of carbonyl (C=O) groups excluding carboxylic acids is 2. The predicted molar refractivity (Wildman–Crippen MR) is 112 cm³/mol. The van der Waals surface area contributed by atoms with E-state index >= 15 is 0 Å². The number of nitrogens with two attached hydrogens (primary N) is 1. The summed E-state index contributed by atoms with van der Waals surface area (Å²) in [4.78, 5) is 31.8. The first-order chi connectivity index (χ1) is 14.0. The molecule has 2 aromatic heterocycles. The van der Waals surface area contributed by atoms with Gasteiger partial charge in [0.2, 0.25) is 11.8 Å². The van der Waals surface area contributed by atoms with Crippen molar-refractivity contribution in [3.8, 4) is 11.5 Å². The number of rotatable bonds is 9. The number of ether oxygens (including phenoxy) is 2. The van der Waals surface area contributed by atoms with Crippen LogP contribution in [0.2, 0.25) is 0 Å². The Kier molecular flexibility index (Phi) is 6.62. The van der Waals surface area contributed by atoms with E-state index in [9.17, 15) is 9.59 Å². The highest BCUT2D eigenvalue weighted by Crippen LogP contribution is 2.32. The zero-order valence-corrected chi connectivity index (χ0v) is 17.4. The van der Waals surface area contributed by atoms with Crippen LogP contribution in [0.25, 0.3) is 0 Å². The van der Waals surface area contributed by atoms with E-state index in [0.717, 1.165) is 0 Å². The molecule has 3 aromatic rings. The SMILES string of the molecule is COc1ccc(OC)c(Nc2nc(CC(=O)Nc3nc(CC(N)=O)cs3)cs2)c1. The molecule has 0 saturated heterocycles. The molecule has 4 N–H and O–H groups in total. The van der Waals surface area contributed by atoms with E-state index in [0.29, 0.717) is 38.8 Å². The van der Waals surface area contributed by atoms with E-state index in [4.69, 9.17) is 15.2 Å². The van der Waals surface area contributed by atoms with Gasteiger partial charge in [0.25, 0.3) is 0 Å². The van der Waals surface area contributed by atoms with Crippen molar-refractivity contribution in [3.05, 3.63) is 40.3 Å². The fourth-order valence-electron chi connectivity index (χ4n) is 2.42. The number of aromatic nitrogens is 2. The van der Waals surface area contributed by atoms with Gasteiger partial charge >= 0.3 is 0 Å². The number of carbonyl (C=O) groups is 2. The molecule has 0 aliphatic heterocycles. The summed E-state index contributed by atoms with van der Waals surface area (Å²) in [6.07, 6.45) is 0.138. The summed E-state index contributed by atoms with van der Waals surface area (Å²) in [6.45, 7) is 0. The number of nitrogens with one attached hydrogen (secondary N) is 2. The summed E-state index contributed by atoms with van der Waals surface area (Å²) < 4.78 is 10.6. The molecule has 11 heteroatoms. The highest BCUT2D eigenvalue weighted by atomic mass is 32.1. The van der Waals surface area contributed by atoms with Crippen molar-refractivity contribution in [1.29, 1.82) is 0 Å². The standard InChI is InChI=1S/C18H19N5O4S2/c1-26-12-3-4-14(27-2)13(7-12)22-17-21-11(9-28-17)6-16(25)23-18-20-10(8-29-18)5-15(19)24/h3-4,7-9H,5-6H2,1-2H3,(H2,19,24)(H,21,22)(H,20,23,25). The first kappa shape index (κ1) is 20.6. The van der Waals surface area contributed by atoms with Gasteiger partial charge in [-0.3, -0.25) is 9.59 Å². The maximum absolute atomic E-state index is 12.2. The van der Waals surface area contributed by atoms with Crippen molar-refractivity contribution in [3.63, 3.8) is 0 Å². The van der Waals surface area contributed by atoms with E-state index < -0.39 is 5.91 Å². The van der Waals surface area contributed by atoms with Gasteiger partial charge in [-0.25, -0.2) is 9.97 Å². The molecule has 0 saturated carbocycles. The van der Waals surface area contributed by atoms with E-state index in [1.165, 1.54) is 22.7 Å². The van der Waals surface area contributed by atoms with Gasteiger partial charge in [0.15, 0.2) is 10.3 Å². The van der Waals surface area contributed by atoms with E-state index in [-0.39, 0.29) is 18.7 Å². The Morgan fingerprint density at radius 3 is 2.41 bits per heavy atom. The topological polar surface area (TPSA) is 128 Å². The number of hydrogen-bond acceptors (Lipinski definition) is 9. The molecule has 0 spiro atoms. The molecular formula is C18H19N5O4S2. The largest absolute Gasteiger partial charge is 0.497 e. The molecule has 0 fully saturated rings. The van der Waals surface area contributed by atoms with Crippen molar-refractivity contribution in [2.75, 3.05) is 24.9 Å². The van der Waals surface area contributed by atoms with Crippen molar-refractivity contribution < 1.29 is 19.1 Å². The minimum atomic E-state index is -0.469. The highest BCUT2D eigenvalue weighted by Gasteiger charge is 2.13. The molecule has 2 amide bonds. The Morgan fingerprint density at radius 2 is 1.72 bits per heavy atom. The zero-order chi connectivity index (χ0) is 20.8. The molecular weight excluding hydrogens is 414 g/mol. The van der Waals surface area contributed by atoms with Crippen LogP contribution >= 0.6 is 22.7 Å². The molecule has 152 valence electrons. The third kappa shape index (κ3) is 5.65. The lowest BCUT2D eigenvalue weighted by Gasteiger charge is -2.10. The summed E-state index contributed by atoms with van der Waals surface area (Å²) in [7, 11) is 3.17. The third-order valence-corrected chi connectivity index (χ3v) is 5.31. The lowest BCUT2D eigenvalue weighted by Crippen LogP contribution is -2.15. The van der Waals surface area contributed by atoms with Crippen LogP contribution in [0.3, 0.4) is 0 Å². The molecule has 9 nitrogen and oxygen atoms in total. The first-order valence-corrected chi connectivity index (χ1v) is 10.2. The number of methoxy groups -OCH3 is 2. The molecule has 3 rings (SSSR count). The number of amides is 2. The number of nitrogens with zero attached hydrogens (tertiary/aromatic N) is 2. The molecule has 0 unspecified atom stereocenters. The Morgan fingerprint density at radius 1 is 1.03 bits per heavy atom. The fourth-order valence-corrected chi connectivity index (χ4v) is 3.87. The van der Waals surface area contributed by atoms with Crippen molar-refractivity contribution in [2.24, 2.45) is 5.73 Å². The summed E-state index contributed by atoms with van der Waals surface area (Å²) in [6, 6.07) is 5.40. The molecule has 29 heavy (non-hydrogen) atoms. The van der Waals surface area contributed by atoms with Crippen LogP contribution in [0.1, 0.15) is 11.4 Å². The number of thiazole rings is 2. The van der Waals surface area contributed by atoms with Crippen LogP contribution in [0.15, 0.2) is 29.0 Å². The van der Waals surface area contributed by atoms with Gasteiger partial charge in [0, 0.05) is 16.8 Å². The zero-order valence-electron chi connectivity index (χ0n) is 15.7. The number of hydrogen-bond donors (Lipinski definition) is 3. The number of primary amides is 1. The smallest absolute Gasteiger partial charge is 0.232 e. The van der Waals surface area contributed by atoms with Gasteiger partial charge in [0.1, 0.15) is 11.5 Å². The number of anilines is 3. The van der Waals surface area contributed by atoms with E-state index in [1.807, 2.05) is 0 Å². The van der Waals surface area contributed by atoms with Crippen LogP contribution in [-0.2, 0) is 22.4 Å². The molecule has 0 aliphatic carbocycles. The Bertz CT molecular complexity index is 1020. The van der Waals surface area contributed by atoms with Crippen LogP contribution in [0, 0.1) is 0 Å². The summed E-state index contributed by atoms with van der Waals surface area (Å²) >= 11 is 2.61. The van der Waals surface area contributed by atoms with Crippen molar-refractivity contribution >= 4 is 50.4 Å². The van der Waals surface area contributed by atoms with Crippen LogP contribution in [0.5, 0.6) is 11.5 Å². The predicted octanol–water partition coefficient (Wildman–Crippen LogP) is 2.57. The van der Waals surface area contributed by atoms with E-state index in [2.05, 4.69) is 20.6 Å². The maximum Gasteiger partial charge on any atom is 0.232 e. The second kappa shape index (κ2) is 9.34. The van der Waals surface area contributed by atoms with Gasteiger partial charge in [-0.05, 0) is 12.1 Å². The first-order valence-electron chi connectivity index (χ1n) is 8.43. The minimum Gasteiger partial charge on any atom is -0.497 e. The average molecular weight is 434 g/mol. The van der Waals surface area contributed by atoms with Crippen LogP contribution < -0.4 is 25.8 Å². The van der Waals surface area contributed by atoms with Crippen LogP contribution in [0.4, 0.5) is 16.0 Å². The summed E-state index contributed by atoms with van der Waals surface area (Å²) in [5, 5.41) is 10.4. The lowest BCUT2D eigenvalue weighted by atomic mass is 10.2. The second-order valence-corrected chi connectivity index (χ2v) is 7.56. The average Bonchev–Trinajstić information content (AvgIpc) is 3.30. The lowest BCUT2D eigenvalue weighted by molar-refractivity contribution is -0.117. The van der Waals surface area contributed by atoms with Crippen LogP contribution in [-0.4, -0.2) is 36.0 Å². The molecule has 0 atom stereocenters. The monoisotopic (exact) mass is 433 g/mol. The molecule has 1 aromatic carbocycles.